The van der Waals surface area contributed by atoms with Gasteiger partial charge in [-0.05, 0) is 36.4 Å². The number of nitrogens with zero attached hydrogens (tertiary/aromatic N) is 2. The van der Waals surface area contributed by atoms with Gasteiger partial charge in [0.25, 0.3) is 5.89 Å². The van der Waals surface area contributed by atoms with Crippen LogP contribution in [-0.4, -0.2) is 23.3 Å². The summed E-state index contributed by atoms with van der Waals surface area (Å²) in [6, 6.07) is 12.1. The van der Waals surface area contributed by atoms with Crippen molar-refractivity contribution in [2.75, 3.05) is 23.7 Å². The second-order valence-corrected chi connectivity index (χ2v) is 5.37. The highest BCUT2D eigenvalue weighted by Gasteiger charge is 2.29. The molecule has 4 N–H and O–H groups in total. The molecule has 26 heavy (non-hydrogen) atoms. The summed E-state index contributed by atoms with van der Waals surface area (Å²) in [5.74, 6) is 0.277. The number of hydrogen-bond donors (Lipinski definition) is 3. The maximum absolute atomic E-state index is 12.7. The molecule has 9 heteroatoms. The molecule has 0 saturated carbocycles. The summed E-state index contributed by atoms with van der Waals surface area (Å²) in [6.45, 7) is 0.914. The predicted molar refractivity (Wildman–Crippen MR) is 92.0 cm³/mol. The van der Waals surface area contributed by atoms with Crippen LogP contribution in [0.3, 0.4) is 0 Å². The van der Waals surface area contributed by atoms with Crippen molar-refractivity contribution < 1.29 is 17.6 Å². The number of benzene rings is 2. The molecule has 2 aromatic carbocycles. The number of rotatable bonds is 6. The molecule has 0 aliphatic rings. The van der Waals surface area contributed by atoms with E-state index in [4.69, 9.17) is 10.2 Å². The average molecular weight is 363 g/mol. The van der Waals surface area contributed by atoms with E-state index in [2.05, 4.69) is 20.8 Å². The van der Waals surface area contributed by atoms with Gasteiger partial charge in [-0.3, -0.25) is 0 Å². The second-order valence-electron chi connectivity index (χ2n) is 5.37. The second kappa shape index (κ2) is 7.44. The van der Waals surface area contributed by atoms with Gasteiger partial charge in [-0.15, -0.1) is 5.10 Å². The van der Waals surface area contributed by atoms with E-state index < -0.39 is 11.7 Å². The Morgan fingerprint density at radius 2 is 1.73 bits per heavy atom. The van der Waals surface area contributed by atoms with Crippen molar-refractivity contribution in [2.24, 2.45) is 5.73 Å². The minimum absolute atomic E-state index is 0.245. The molecule has 3 aromatic rings. The predicted octanol–water partition coefficient (Wildman–Crippen LogP) is 3.87. The van der Waals surface area contributed by atoms with Gasteiger partial charge in [0, 0.05) is 18.8 Å². The number of nitrogens with one attached hydrogen (secondary N) is 2. The van der Waals surface area contributed by atoms with Crippen LogP contribution in [0.15, 0.2) is 52.9 Å². The molecule has 0 amide bonds. The fourth-order valence-electron chi connectivity index (χ4n) is 2.26. The van der Waals surface area contributed by atoms with E-state index in [1.54, 1.807) is 24.3 Å². The van der Waals surface area contributed by atoms with Gasteiger partial charge in [-0.25, -0.2) is 0 Å². The summed E-state index contributed by atoms with van der Waals surface area (Å²) in [6.07, 6.45) is -4.37. The number of aromatic nitrogens is 2. The first-order valence-corrected chi connectivity index (χ1v) is 7.78. The average Bonchev–Trinajstić information content (AvgIpc) is 3.09. The van der Waals surface area contributed by atoms with Crippen LogP contribution in [0.25, 0.3) is 11.5 Å². The first-order chi connectivity index (χ1) is 12.5. The molecule has 0 spiro atoms. The van der Waals surface area contributed by atoms with E-state index in [-0.39, 0.29) is 11.9 Å². The Morgan fingerprint density at radius 3 is 2.42 bits per heavy atom. The van der Waals surface area contributed by atoms with E-state index in [9.17, 15) is 13.2 Å². The molecule has 0 aliphatic carbocycles. The number of halogens is 3. The molecule has 1 heterocycles. The van der Waals surface area contributed by atoms with E-state index in [0.29, 0.717) is 30.0 Å². The molecule has 0 aliphatic heterocycles. The van der Waals surface area contributed by atoms with Crippen LogP contribution >= 0.6 is 0 Å². The van der Waals surface area contributed by atoms with Crippen LogP contribution in [0.4, 0.5) is 30.6 Å². The summed E-state index contributed by atoms with van der Waals surface area (Å²) < 4.78 is 43.5. The molecule has 6 nitrogen and oxygen atoms in total. The van der Waals surface area contributed by atoms with Gasteiger partial charge in [0.2, 0.25) is 0 Å². The molecule has 0 radical (unpaired) electrons. The molecule has 0 fully saturated rings. The van der Waals surface area contributed by atoms with Crippen molar-refractivity contribution in [3.8, 4) is 11.5 Å². The number of alkyl halides is 3. The Balaban J connectivity index is 1.82. The molecule has 3 rings (SSSR count). The zero-order chi connectivity index (χ0) is 18.6. The van der Waals surface area contributed by atoms with Crippen LogP contribution < -0.4 is 16.4 Å². The Hall–Kier alpha value is -3.07. The Bertz CT molecular complexity index is 861. The number of nitrogens with two attached hydrogens (primary N) is 1. The molecule has 0 atom stereocenters. The van der Waals surface area contributed by atoms with Gasteiger partial charge in [-0.1, -0.05) is 17.2 Å². The van der Waals surface area contributed by atoms with Crippen LogP contribution in [0.2, 0.25) is 0 Å². The molecule has 0 bridgehead atoms. The lowest BCUT2D eigenvalue weighted by Gasteiger charge is -2.11. The van der Waals surface area contributed by atoms with Crippen molar-refractivity contribution >= 4 is 17.4 Å². The molecule has 0 unspecified atom stereocenters. The minimum Gasteiger partial charge on any atom is -0.403 e. The quantitative estimate of drug-likeness (QED) is 0.616. The third kappa shape index (κ3) is 4.12. The largest absolute Gasteiger partial charge is 0.416 e. The Kier molecular flexibility index (Phi) is 5.08. The van der Waals surface area contributed by atoms with Crippen molar-refractivity contribution in [3.63, 3.8) is 0 Å². The van der Waals surface area contributed by atoms with E-state index in [0.717, 1.165) is 12.1 Å². The van der Waals surface area contributed by atoms with Crippen LogP contribution in [0, 0.1) is 0 Å². The number of para-hydroxylation sites is 1. The smallest absolute Gasteiger partial charge is 0.403 e. The van der Waals surface area contributed by atoms with Gasteiger partial charge in [0.15, 0.2) is 0 Å². The molecule has 0 saturated heterocycles. The van der Waals surface area contributed by atoms with Crippen molar-refractivity contribution in [1.82, 2.24) is 10.2 Å². The number of hydrogen-bond acceptors (Lipinski definition) is 6. The molecular formula is C17H16F3N5O. The van der Waals surface area contributed by atoms with Gasteiger partial charge in [0.1, 0.15) is 0 Å². The van der Waals surface area contributed by atoms with Crippen molar-refractivity contribution in [2.45, 2.75) is 6.18 Å². The highest BCUT2D eigenvalue weighted by molar-refractivity contribution is 5.77. The maximum atomic E-state index is 12.7. The SMILES string of the molecule is NCCNc1nnc(-c2ccccc2Nc2ccc(C(F)(F)F)cc2)o1. The zero-order valence-electron chi connectivity index (χ0n) is 13.5. The molecule has 136 valence electrons. The fraction of sp³-hybridized carbons (Fsp3) is 0.176. The normalized spacial score (nSPS) is 11.4. The fourth-order valence-corrected chi connectivity index (χ4v) is 2.26. The van der Waals surface area contributed by atoms with Gasteiger partial charge in [0.05, 0.1) is 16.8 Å². The van der Waals surface area contributed by atoms with E-state index >= 15 is 0 Å². The van der Waals surface area contributed by atoms with Crippen LogP contribution in [-0.2, 0) is 6.18 Å². The minimum atomic E-state index is -4.37. The molecule has 1 aromatic heterocycles. The summed E-state index contributed by atoms with van der Waals surface area (Å²) >= 11 is 0. The highest BCUT2D eigenvalue weighted by Crippen LogP contribution is 2.32. The first-order valence-electron chi connectivity index (χ1n) is 7.78. The Morgan fingerprint density at radius 1 is 1.00 bits per heavy atom. The summed E-state index contributed by atoms with van der Waals surface area (Å²) in [5, 5.41) is 13.8. The van der Waals surface area contributed by atoms with Gasteiger partial charge >= 0.3 is 12.2 Å². The lowest BCUT2D eigenvalue weighted by atomic mass is 10.1. The van der Waals surface area contributed by atoms with Crippen LogP contribution in [0.5, 0.6) is 0 Å². The monoisotopic (exact) mass is 363 g/mol. The molecular weight excluding hydrogens is 347 g/mol. The van der Waals surface area contributed by atoms with Crippen molar-refractivity contribution in [3.05, 3.63) is 54.1 Å². The van der Waals surface area contributed by atoms with Crippen molar-refractivity contribution in [1.29, 1.82) is 0 Å². The van der Waals surface area contributed by atoms with E-state index in [1.165, 1.54) is 12.1 Å². The maximum Gasteiger partial charge on any atom is 0.416 e. The number of anilines is 3. The first kappa shape index (κ1) is 17.7. The summed E-state index contributed by atoms with van der Waals surface area (Å²) in [7, 11) is 0. The van der Waals surface area contributed by atoms with Gasteiger partial charge in [-0.2, -0.15) is 13.2 Å². The highest BCUT2D eigenvalue weighted by atomic mass is 19.4. The standard InChI is InChI=1S/C17H16F3N5O/c18-17(19,20)11-5-7-12(8-6-11)23-14-4-2-1-3-13(14)15-24-25-16(26-15)22-10-9-21/h1-8,23H,9-10,21H2,(H,22,25). The third-order valence-electron chi connectivity index (χ3n) is 3.49. The lowest BCUT2D eigenvalue weighted by molar-refractivity contribution is -0.137. The lowest BCUT2D eigenvalue weighted by Crippen LogP contribution is -2.13. The topological polar surface area (TPSA) is 89.0 Å². The zero-order valence-corrected chi connectivity index (χ0v) is 13.5. The Labute approximate surface area is 147 Å². The summed E-state index contributed by atoms with van der Waals surface area (Å²) in [5.41, 5.74) is 6.46. The third-order valence-corrected chi connectivity index (χ3v) is 3.49. The summed E-state index contributed by atoms with van der Waals surface area (Å²) in [4.78, 5) is 0. The van der Waals surface area contributed by atoms with Gasteiger partial charge < -0.3 is 20.8 Å². The van der Waals surface area contributed by atoms with Crippen LogP contribution in [0.1, 0.15) is 5.56 Å². The van der Waals surface area contributed by atoms with E-state index in [1.807, 2.05) is 0 Å².